The highest BCUT2D eigenvalue weighted by atomic mass is 35.5. The summed E-state index contributed by atoms with van der Waals surface area (Å²) in [4.78, 5) is 17.3. The second kappa shape index (κ2) is 5.78. The number of amides is 1. The van der Waals surface area contributed by atoms with Crippen LogP contribution in [0.15, 0.2) is 36.5 Å². The Balaban J connectivity index is 1.80. The minimum absolute atomic E-state index is 0.0516. The topological polar surface area (TPSA) is 42.0 Å². The monoisotopic (exact) mass is 362 g/mol. The van der Waals surface area contributed by atoms with Crippen molar-refractivity contribution in [2.45, 2.75) is 12.8 Å². The van der Waals surface area contributed by atoms with Crippen molar-refractivity contribution >= 4 is 56.3 Å². The number of halogens is 2. The fourth-order valence-electron chi connectivity index (χ4n) is 2.47. The number of thiophene rings is 1. The van der Waals surface area contributed by atoms with Gasteiger partial charge in [-0.3, -0.25) is 4.79 Å². The van der Waals surface area contributed by atoms with E-state index in [2.05, 4.69) is 10.3 Å². The Bertz CT molecular complexity index is 898. The van der Waals surface area contributed by atoms with E-state index in [-0.39, 0.29) is 11.8 Å². The molecule has 0 spiro atoms. The minimum atomic E-state index is 0.0516. The molecule has 1 fully saturated rings. The van der Waals surface area contributed by atoms with Crippen LogP contribution in [0.25, 0.3) is 20.5 Å². The summed E-state index contributed by atoms with van der Waals surface area (Å²) in [5, 5.41) is 5.17. The zero-order chi connectivity index (χ0) is 16.0. The summed E-state index contributed by atoms with van der Waals surface area (Å²) in [5.41, 5.74) is 0.816. The summed E-state index contributed by atoms with van der Waals surface area (Å²) in [6.45, 7) is 0. The van der Waals surface area contributed by atoms with Crippen molar-refractivity contribution in [1.82, 2.24) is 4.98 Å². The van der Waals surface area contributed by atoms with Crippen molar-refractivity contribution in [3.05, 3.63) is 46.6 Å². The molecule has 23 heavy (non-hydrogen) atoms. The molecule has 116 valence electrons. The Morgan fingerprint density at radius 2 is 1.96 bits per heavy atom. The average molecular weight is 363 g/mol. The lowest BCUT2D eigenvalue weighted by Crippen LogP contribution is -2.14. The van der Waals surface area contributed by atoms with E-state index in [0.717, 1.165) is 33.4 Å². The van der Waals surface area contributed by atoms with Crippen LogP contribution in [0.1, 0.15) is 12.8 Å². The molecule has 0 atom stereocenters. The molecule has 0 aliphatic heterocycles. The van der Waals surface area contributed by atoms with Crippen molar-refractivity contribution < 1.29 is 4.79 Å². The van der Waals surface area contributed by atoms with Crippen LogP contribution in [0.2, 0.25) is 10.0 Å². The van der Waals surface area contributed by atoms with Gasteiger partial charge in [0.25, 0.3) is 0 Å². The molecule has 3 aromatic rings. The van der Waals surface area contributed by atoms with Gasteiger partial charge in [-0.15, -0.1) is 11.3 Å². The number of hydrogen-bond donors (Lipinski definition) is 1. The number of benzene rings is 1. The van der Waals surface area contributed by atoms with Crippen molar-refractivity contribution in [2.24, 2.45) is 5.92 Å². The number of carbonyl (C=O) groups is 1. The first kappa shape index (κ1) is 14.9. The molecule has 0 bridgehead atoms. The highest BCUT2D eigenvalue weighted by Gasteiger charge is 2.30. The van der Waals surface area contributed by atoms with E-state index >= 15 is 0 Å². The largest absolute Gasteiger partial charge is 0.309 e. The predicted molar refractivity (Wildman–Crippen MR) is 96.4 cm³/mol. The number of nitrogens with zero attached hydrogens (tertiary/aromatic N) is 1. The van der Waals surface area contributed by atoms with Gasteiger partial charge in [0.2, 0.25) is 5.91 Å². The lowest BCUT2D eigenvalue weighted by atomic mass is 10.1. The molecule has 0 saturated heterocycles. The maximum Gasteiger partial charge on any atom is 0.228 e. The van der Waals surface area contributed by atoms with Crippen LogP contribution in [0.3, 0.4) is 0 Å². The number of nitrogens with one attached hydrogen (secondary N) is 1. The third-order valence-electron chi connectivity index (χ3n) is 3.83. The van der Waals surface area contributed by atoms with Crippen LogP contribution in [0.5, 0.6) is 0 Å². The van der Waals surface area contributed by atoms with E-state index in [1.54, 1.807) is 6.20 Å². The third kappa shape index (κ3) is 2.82. The summed E-state index contributed by atoms with van der Waals surface area (Å²) in [5.74, 6) is 0.805. The number of carbonyl (C=O) groups excluding carboxylic acids is 1. The minimum Gasteiger partial charge on any atom is -0.309 e. The van der Waals surface area contributed by atoms with E-state index in [9.17, 15) is 4.79 Å². The molecule has 2 heterocycles. The number of anilines is 1. The Hall–Kier alpha value is -1.62. The molecule has 1 aliphatic carbocycles. The van der Waals surface area contributed by atoms with Crippen molar-refractivity contribution in [3.8, 4) is 10.4 Å². The van der Waals surface area contributed by atoms with Crippen molar-refractivity contribution in [3.63, 3.8) is 0 Å². The Morgan fingerprint density at radius 1 is 1.22 bits per heavy atom. The lowest BCUT2D eigenvalue weighted by Gasteiger charge is -2.04. The quantitative estimate of drug-likeness (QED) is 0.656. The van der Waals surface area contributed by atoms with Crippen LogP contribution < -0.4 is 5.32 Å². The number of rotatable bonds is 3. The molecule has 0 unspecified atom stereocenters. The molecule has 3 nitrogen and oxygen atoms in total. The standard InChI is InChI=1S/C17H12Cl2N2OS/c18-11-2-1-3-12(19)14(11)13-8-10-6-7-20-16(15(10)23-13)21-17(22)9-4-5-9/h1-3,6-9H,4-5H2,(H,20,21,22). The molecular weight excluding hydrogens is 351 g/mol. The molecule has 4 rings (SSSR count). The van der Waals surface area contributed by atoms with Gasteiger partial charge in [0.05, 0.1) is 14.7 Å². The second-order valence-corrected chi connectivity index (χ2v) is 7.42. The average Bonchev–Trinajstić information content (AvgIpc) is 3.28. The highest BCUT2D eigenvalue weighted by Crippen LogP contribution is 2.42. The Labute approximate surface area is 147 Å². The molecular formula is C17H12Cl2N2OS. The van der Waals surface area contributed by atoms with Gasteiger partial charge in [-0.25, -0.2) is 4.98 Å². The van der Waals surface area contributed by atoms with Crippen LogP contribution in [0, 0.1) is 5.92 Å². The van der Waals surface area contributed by atoms with Gasteiger partial charge in [0.1, 0.15) is 0 Å². The summed E-state index contributed by atoms with van der Waals surface area (Å²) in [7, 11) is 0. The molecule has 1 aromatic carbocycles. The van der Waals surface area contributed by atoms with E-state index in [1.807, 2.05) is 30.3 Å². The molecule has 1 amide bonds. The van der Waals surface area contributed by atoms with Gasteiger partial charge >= 0.3 is 0 Å². The van der Waals surface area contributed by atoms with Gasteiger partial charge in [-0.1, -0.05) is 29.3 Å². The molecule has 0 radical (unpaired) electrons. The van der Waals surface area contributed by atoms with Gasteiger partial charge in [0.15, 0.2) is 5.82 Å². The molecule has 2 aromatic heterocycles. The summed E-state index contributed by atoms with van der Waals surface area (Å²) in [6.07, 6.45) is 3.63. The van der Waals surface area contributed by atoms with E-state index in [0.29, 0.717) is 15.9 Å². The van der Waals surface area contributed by atoms with Crippen molar-refractivity contribution in [2.75, 3.05) is 5.32 Å². The van der Waals surface area contributed by atoms with Crippen molar-refractivity contribution in [1.29, 1.82) is 0 Å². The number of hydrogen-bond acceptors (Lipinski definition) is 3. The normalized spacial score (nSPS) is 14.2. The smallest absolute Gasteiger partial charge is 0.228 e. The zero-order valence-corrected chi connectivity index (χ0v) is 14.3. The summed E-state index contributed by atoms with van der Waals surface area (Å²) < 4.78 is 0.937. The van der Waals surface area contributed by atoms with E-state index < -0.39 is 0 Å². The van der Waals surface area contributed by atoms with E-state index in [1.165, 1.54) is 11.3 Å². The first-order chi connectivity index (χ1) is 11.1. The van der Waals surface area contributed by atoms with Crippen LogP contribution in [-0.4, -0.2) is 10.9 Å². The third-order valence-corrected chi connectivity index (χ3v) is 5.64. The van der Waals surface area contributed by atoms with Crippen LogP contribution in [-0.2, 0) is 4.79 Å². The van der Waals surface area contributed by atoms with E-state index in [4.69, 9.17) is 23.2 Å². The van der Waals surface area contributed by atoms with Gasteiger partial charge in [-0.05, 0) is 42.5 Å². The first-order valence-corrected chi connectivity index (χ1v) is 8.84. The molecule has 1 N–H and O–H groups in total. The SMILES string of the molecule is O=C(Nc1nccc2cc(-c3c(Cl)cccc3Cl)sc12)C1CC1. The lowest BCUT2D eigenvalue weighted by molar-refractivity contribution is -0.117. The maximum atomic E-state index is 12.0. The molecule has 1 aliphatic rings. The number of fused-ring (bicyclic) bond motifs is 1. The summed E-state index contributed by atoms with van der Waals surface area (Å²) in [6, 6.07) is 9.42. The number of pyridine rings is 1. The molecule has 1 saturated carbocycles. The summed E-state index contributed by atoms with van der Waals surface area (Å²) >= 11 is 14.1. The first-order valence-electron chi connectivity index (χ1n) is 7.27. The Morgan fingerprint density at radius 3 is 2.65 bits per heavy atom. The van der Waals surface area contributed by atoms with Gasteiger partial charge in [0, 0.05) is 22.6 Å². The van der Waals surface area contributed by atoms with Gasteiger partial charge in [-0.2, -0.15) is 0 Å². The maximum absolute atomic E-state index is 12.0. The van der Waals surface area contributed by atoms with Crippen LogP contribution >= 0.6 is 34.5 Å². The zero-order valence-electron chi connectivity index (χ0n) is 12.0. The second-order valence-electron chi connectivity index (χ2n) is 5.55. The van der Waals surface area contributed by atoms with Gasteiger partial charge < -0.3 is 5.32 Å². The highest BCUT2D eigenvalue weighted by molar-refractivity contribution is 7.23. The predicted octanol–water partition coefficient (Wildman–Crippen LogP) is 5.62. The fraction of sp³-hybridized carbons (Fsp3) is 0.176. The molecule has 6 heteroatoms. The van der Waals surface area contributed by atoms with Crippen LogP contribution in [0.4, 0.5) is 5.82 Å². The fourth-order valence-corrected chi connectivity index (χ4v) is 4.36. The number of aromatic nitrogens is 1. The Kier molecular flexibility index (Phi) is 3.76.